The SMILES string of the molecule is CC1CN2CCCC2CN1C(=O)Cn1cc(CN)nn1. The van der Waals surface area contributed by atoms with Crippen LogP contribution in [0.2, 0.25) is 0 Å². The summed E-state index contributed by atoms with van der Waals surface area (Å²) in [6, 6.07) is 0.819. The van der Waals surface area contributed by atoms with Crippen molar-refractivity contribution in [3.05, 3.63) is 11.9 Å². The number of carbonyl (C=O) groups is 1. The molecule has 1 aromatic heterocycles. The Labute approximate surface area is 118 Å². The third-order valence-electron chi connectivity index (χ3n) is 4.35. The lowest BCUT2D eigenvalue weighted by Gasteiger charge is -2.42. The number of nitrogens with zero attached hydrogens (tertiary/aromatic N) is 5. The highest BCUT2D eigenvalue weighted by molar-refractivity contribution is 5.76. The molecule has 7 heteroatoms. The lowest BCUT2D eigenvalue weighted by atomic mass is 10.1. The Balaban J connectivity index is 1.64. The van der Waals surface area contributed by atoms with E-state index in [0.717, 1.165) is 13.1 Å². The molecule has 0 radical (unpaired) electrons. The molecule has 2 aliphatic heterocycles. The van der Waals surface area contributed by atoms with Gasteiger partial charge < -0.3 is 10.6 Å². The van der Waals surface area contributed by atoms with Gasteiger partial charge in [0.2, 0.25) is 5.91 Å². The van der Waals surface area contributed by atoms with Gasteiger partial charge in [0.25, 0.3) is 0 Å². The fourth-order valence-electron chi connectivity index (χ4n) is 3.27. The standard InChI is InChI=1S/C13H22N6O/c1-10-6-17-4-2-3-12(17)8-19(10)13(20)9-18-7-11(5-14)15-16-18/h7,10,12H,2-6,8-9,14H2,1H3. The number of amides is 1. The summed E-state index contributed by atoms with van der Waals surface area (Å²) >= 11 is 0. The zero-order valence-electron chi connectivity index (χ0n) is 11.9. The molecular formula is C13H22N6O. The van der Waals surface area contributed by atoms with E-state index >= 15 is 0 Å². The van der Waals surface area contributed by atoms with Gasteiger partial charge in [-0.15, -0.1) is 5.10 Å². The highest BCUT2D eigenvalue weighted by Gasteiger charge is 2.36. The second kappa shape index (κ2) is 5.49. The zero-order valence-corrected chi connectivity index (χ0v) is 11.9. The molecule has 2 fully saturated rings. The maximum Gasteiger partial charge on any atom is 0.244 e. The molecule has 3 heterocycles. The van der Waals surface area contributed by atoms with Crippen LogP contribution in [0.3, 0.4) is 0 Å². The van der Waals surface area contributed by atoms with Gasteiger partial charge in [0, 0.05) is 31.7 Å². The van der Waals surface area contributed by atoms with E-state index in [1.54, 1.807) is 10.9 Å². The fraction of sp³-hybridized carbons (Fsp3) is 0.769. The normalized spacial score (nSPS) is 26.8. The number of carbonyl (C=O) groups excluding carboxylic acids is 1. The summed E-state index contributed by atoms with van der Waals surface area (Å²) < 4.78 is 1.58. The monoisotopic (exact) mass is 278 g/mol. The van der Waals surface area contributed by atoms with Crippen LogP contribution in [0.25, 0.3) is 0 Å². The van der Waals surface area contributed by atoms with Crippen LogP contribution < -0.4 is 5.73 Å². The average molecular weight is 278 g/mol. The van der Waals surface area contributed by atoms with Crippen molar-refractivity contribution in [2.75, 3.05) is 19.6 Å². The van der Waals surface area contributed by atoms with Crippen molar-refractivity contribution < 1.29 is 4.79 Å². The van der Waals surface area contributed by atoms with Crippen molar-refractivity contribution >= 4 is 5.91 Å². The lowest BCUT2D eigenvalue weighted by molar-refractivity contribution is -0.137. The van der Waals surface area contributed by atoms with Gasteiger partial charge in [0.05, 0.1) is 11.9 Å². The van der Waals surface area contributed by atoms with E-state index in [4.69, 9.17) is 5.73 Å². The Bertz CT molecular complexity index is 487. The largest absolute Gasteiger partial charge is 0.336 e. The molecule has 20 heavy (non-hydrogen) atoms. The van der Waals surface area contributed by atoms with Gasteiger partial charge in [-0.3, -0.25) is 9.69 Å². The van der Waals surface area contributed by atoms with Crippen molar-refractivity contribution in [1.82, 2.24) is 24.8 Å². The molecule has 2 atom stereocenters. The Morgan fingerprint density at radius 3 is 3.10 bits per heavy atom. The number of fused-ring (bicyclic) bond motifs is 1. The molecule has 0 aromatic carbocycles. The summed E-state index contributed by atoms with van der Waals surface area (Å²) in [6.07, 6.45) is 4.20. The van der Waals surface area contributed by atoms with Gasteiger partial charge in [-0.25, -0.2) is 4.68 Å². The Hall–Kier alpha value is -1.47. The predicted molar refractivity (Wildman–Crippen MR) is 73.7 cm³/mol. The van der Waals surface area contributed by atoms with Crippen molar-refractivity contribution in [2.24, 2.45) is 5.73 Å². The van der Waals surface area contributed by atoms with Crippen LogP contribution >= 0.6 is 0 Å². The molecule has 0 saturated carbocycles. The summed E-state index contributed by atoms with van der Waals surface area (Å²) in [4.78, 5) is 17.0. The lowest BCUT2D eigenvalue weighted by Crippen LogP contribution is -2.57. The highest BCUT2D eigenvalue weighted by Crippen LogP contribution is 2.24. The molecule has 110 valence electrons. The second-order valence-electron chi connectivity index (χ2n) is 5.80. The summed E-state index contributed by atoms with van der Waals surface area (Å²) in [5.74, 6) is 0.123. The first-order valence-electron chi connectivity index (χ1n) is 7.30. The Morgan fingerprint density at radius 2 is 2.35 bits per heavy atom. The van der Waals surface area contributed by atoms with E-state index < -0.39 is 0 Å². The topological polar surface area (TPSA) is 80.3 Å². The number of rotatable bonds is 3. The van der Waals surface area contributed by atoms with Crippen LogP contribution in [0.15, 0.2) is 6.20 Å². The number of nitrogens with two attached hydrogens (primary N) is 1. The molecule has 1 aromatic rings. The maximum atomic E-state index is 12.5. The van der Waals surface area contributed by atoms with Crippen molar-refractivity contribution in [1.29, 1.82) is 0 Å². The number of aromatic nitrogens is 3. The third-order valence-corrected chi connectivity index (χ3v) is 4.35. The zero-order chi connectivity index (χ0) is 14.1. The third kappa shape index (κ3) is 2.55. The number of hydrogen-bond acceptors (Lipinski definition) is 5. The van der Waals surface area contributed by atoms with Crippen LogP contribution in [0.4, 0.5) is 0 Å². The van der Waals surface area contributed by atoms with Crippen molar-refractivity contribution in [3.8, 4) is 0 Å². The number of hydrogen-bond donors (Lipinski definition) is 1. The predicted octanol–water partition coefficient (Wildman–Crippen LogP) is -0.568. The van der Waals surface area contributed by atoms with E-state index in [-0.39, 0.29) is 18.5 Å². The van der Waals surface area contributed by atoms with Gasteiger partial charge in [-0.05, 0) is 26.3 Å². The fourth-order valence-corrected chi connectivity index (χ4v) is 3.27. The molecule has 0 bridgehead atoms. The second-order valence-corrected chi connectivity index (χ2v) is 5.80. The number of piperazine rings is 1. The molecule has 7 nitrogen and oxygen atoms in total. The molecular weight excluding hydrogens is 256 g/mol. The first kappa shape index (κ1) is 13.5. The first-order valence-corrected chi connectivity index (χ1v) is 7.30. The quantitative estimate of drug-likeness (QED) is 0.801. The van der Waals surface area contributed by atoms with Crippen molar-refractivity contribution in [3.63, 3.8) is 0 Å². The maximum absolute atomic E-state index is 12.5. The molecule has 2 aliphatic rings. The van der Waals surface area contributed by atoms with E-state index in [1.807, 2.05) is 4.90 Å². The van der Waals surface area contributed by atoms with E-state index in [0.29, 0.717) is 18.3 Å². The highest BCUT2D eigenvalue weighted by atomic mass is 16.2. The van der Waals surface area contributed by atoms with Gasteiger partial charge in [0.1, 0.15) is 6.54 Å². The molecule has 2 saturated heterocycles. The first-order chi connectivity index (χ1) is 9.67. The van der Waals surface area contributed by atoms with Gasteiger partial charge in [-0.2, -0.15) is 0 Å². The molecule has 0 aliphatic carbocycles. The molecule has 2 unspecified atom stereocenters. The van der Waals surface area contributed by atoms with Gasteiger partial charge in [0.15, 0.2) is 0 Å². The summed E-state index contributed by atoms with van der Waals surface area (Å²) in [6.45, 7) is 5.74. The van der Waals surface area contributed by atoms with Crippen LogP contribution in [-0.4, -0.2) is 62.4 Å². The minimum Gasteiger partial charge on any atom is -0.336 e. The molecule has 1 amide bonds. The van der Waals surface area contributed by atoms with Crippen LogP contribution in [0.5, 0.6) is 0 Å². The van der Waals surface area contributed by atoms with Gasteiger partial charge in [-0.1, -0.05) is 5.21 Å². The van der Waals surface area contributed by atoms with Crippen LogP contribution in [0.1, 0.15) is 25.5 Å². The van der Waals surface area contributed by atoms with E-state index in [1.165, 1.54) is 19.4 Å². The van der Waals surface area contributed by atoms with Gasteiger partial charge >= 0.3 is 0 Å². The summed E-state index contributed by atoms with van der Waals surface area (Å²) in [7, 11) is 0. The molecule has 2 N–H and O–H groups in total. The average Bonchev–Trinajstić information content (AvgIpc) is 3.05. The van der Waals surface area contributed by atoms with Crippen LogP contribution in [-0.2, 0) is 17.9 Å². The minimum absolute atomic E-state index is 0.123. The summed E-state index contributed by atoms with van der Waals surface area (Å²) in [5, 5.41) is 7.86. The summed E-state index contributed by atoms with van der Waals surface area (Å²) in [5.41, 5.74) is 6.21. The van der Waals surface area contributed by atoms with E-state index in [2.05, 4.69) is 22.1 Å². The van der Waals surface area contributed by atoms with E-state index in [9.17, 15) is 4.79 Å². The Morgan fingerprint density at radius 1 is 1.50 bits per heavy atom. The smallest absolute Gasteiger partial charge is 0.244 e. The molecule has 0 spiro atoms. The van der Waals surface area contributed by atoms with Crippen LogP contribution in [0, 0.1) is 0 Å². The Kier molecular flexibility index (Phi) is 3.71. The molecule has 3 rings (SSSR count). The van der Waals surface area contributed by atoms with Crippen molar-refractivity contribution in [2.45, 2.75) is 44.9 Å². The minimum atomic E-state index is 0.123.